The second-order valence-corrected chi connectivity index (χ2v) is 7.06. The molecule has 3 N–H and O–H groups in total. The Balaban J connectivity index is 1.53. The molecule has 0 amide bonds. The summed E-state index contributed by atoms with van der Waals surface area (Å²) in [5.74, 6) is 1.12. The number of methoxy groups -OCH3 is 1. The number of ether oxygens (including phenoxy) is 1. The minimum Gasteiger partial charge on any atom is -0.496 e. The minimum atomic E-state index is 0.323. The first kappa shape index (κ1) is 18.0. The fourth-order valence-corrected chi connectivity index (χ4v) is 3.78. The van der Waals surface area contributed by atoms with E-state index in [9.17, 15) is 0 Å². The summed E-state index contributed by atoms with van der Waals surface area (Å²) in [5, 5.41) is 8.05. The van der Waals surface area contributed by atoms with Crippen LogP contribution in [0.1, 0.15) is 5.56 Å². The van der Waals surface area contributed by atoms with Crippen LogP contribution < -0.4 is 15.8 Å². The van der Waals surface area contributed by atoms with Gasteiger partial charge in [-0.15, -0.1) is 11.3 Å². The number of fused-ring (bicyclic) bond motifs is 1. The van der Waals surface area contributed by atoms with Gasteiger partial charge in [0.1, 0.15) is 5.75 Å². The van der Waals surface area contributed by atoms with Crippen LogP contribution in [-0.4, -0.2) is 18.1 Å². The molecule has 28 heavy (non-hydrogen) atoms. The molecular formula is C22H20N4OS. The number of anilines is 1. The van der Waals surface area contributed by atoms with E-state index in [1.165, 1.54) is 11.3 Å². The monoisotopic (exact) mass is 388 g/mol. The Bertz CT molecular complexity index is 1120. The molecule has 0 atom stereocenters. The Labute approximate surface area is 167 Å². The molecule has 0 aliphatic rings. The van der Waals surface area contributed by atoms with Gasteiger partial charge in [0.15, 0.2) is 11.1 Å². The number of guanidine groups is 1. The predicted molar refractivity (Wildman–Crippen MR) is 117 cm³/mol. The van der Waals surface area contributed by atoms with Gasteiger partial charge in [-0.3, -0.25) is 0 Å². The topological polar surface area (TPSA) is 72.5 Å². The number of aliphatic imine (C=N–C) groups is 1. The van der Waals surface area contributed by atoms with Crippen LogP contribution in [-0.2, 0) is 6.54 Å². The number of hydrogen-bond donors (Lipinski definition) is 2. The number of nitrogens with two attached hydrogens (primary N) is 1. The van der Waals surface area contributed by atoms with Crippen LogP contribution in [0.2, 0.25) is 0 Å². The molecule has 0 saturated carbocycles. The summed E-state index contributed by atoms with van der Waals surface area (Å²) in [4.78, 5) is 9.08. The van der Waals surface area contributed by atoms with Crippen LogP contribution >= 0.6 is 11.3 Å². The fraction of sp³-hybridized carbons (Fsp3) is 0.0909. The van der Waals surface area contributed by atoms with E-state index in [-0.39, 0.29) is 0 Å². The largest absolute Gasteiger partial charge is 0.496 e. The lowest BCUT2D eigenvalue weighted by atomic mass is 10.0. The van der Waals surface area contributed by atoms with Gasteiger partial charge in [0.2, 0.25) is 0 Å². The highest BCUT2D eigenvalue weighted by atomic mass is 32.1. The van der Waals surface area contributed by atoms with Gasteiger partial charge in [0.25, 0.3) is 0 Å². The second-order valence-electron chi connectivity index (χ2n) is 6.20. The molecule has 0 aliphatic heterocycles. The van der Waals surface area contributed by atoms with Crippen molar-refractivity contribution in [2.24, 2.45) is 10.7 Å². The maximum Gasteiger partial charge on any atom is 0.195 e. The molecule has 140 valence electrons. The van der Waals surface area contributed by atoms with Crippen LogP contribution in [0.5, 0.6) is 5.75 Å². The molecule has 0 bridgehead atoms. The molecule has 1 heterocycles. The predicted octanol–water partition coefficient (Wildman–Crippen LogP) is 4.90. The van der Waals surface area contributed by atoms with E-state index in [1.807, 2.05) is 60.0 Å². The van der Waals surface area contributed by atoms with Crippen molar-refractivity contribution < 1.29 is 4.74 Å². The van der Waals surface area contributed by atoms with Crippen molar-refractivity contribution in [3.63, 3.8) is 0 Å². The molecule has 1 aromatic heterocycles. The van der Waals surface area contributed by atoms with Crippen LogP contribution in [0.25, 0.3) is 22.0 Å². The number of hydrogen-bond acceptors (Lipinski definition) is 4. The fourth-order valence-electron chi connectivity index (χ4n) is 3.06. The third-order valence-electron chi connectivity index (χ3n) is 4.43. The molecular weight excluding hydrogens is 368 g/mol. The van der Waals surface area contributed by atoms with E-state index in [0.717, 1.165) is 33.3 Å². The van der Waals surface area contributed by atoms with Crippen molar-refractivity contribution in [3.8, 4) is 17.0 Å². The van der Waals surface area contributed by atoms with Crippen molar-refractivity contribution >= 4 is 33.2 Å². The number of thiazole rings is 1. The van der Waals surface area contributed by atoms with Gasteiger partial charge < -0.3 is 15.8 Å². The summed E-state index contributed by atoms with van der Waals surface area (Å²) in [5.41, 5.74) is 9.10. The van der Waals surface area contributed by atoms with Gasteiger partial charge in [-0.1, -0.05) is 60.7 Å². The summed E-state index contributed by atoms with van der Waals surface area (Å²) in [6, 6.07) is 22.2. The highest BCUT2D eigenvalue weighted by Crippen LogP contribution is 2.29. The van der Waals surface area contributed by atoms with E-state index in [4.69, 9.17) is 10.5 Å². The first-order valence-corrected chi connectivity index (χ1v) is 9.75. The zero-order valence-electron chi connectivity index (χ0n) is 15.4. The van der Waals surface area contributed by atoms with Crippen LogP contribution in [0.3, 0.4) is 0 Å². The lowest BCUT2D eigenvalue weighted by Gasteiger charge is -2.11. The Morgan fingerprint density at radius 1 is 1.07 bits per heavy atom. The lowest BCUT2D eigenvalue weighted by molar-refractivity contribution is 0.411. The molecule has 4 rings (SSSR count). The molecule has 4 aromatic rings. The zero-order chi connectivity index (χ0) is 19.3. The first-order valence-electron chi connectivity index (χ1n) is 8.87. The van der Waals surface area contributed by atoms with E-state index < -0.39 is 0 Å². The molecule has 3 aromatic carbocycles. The molecule has 0 spiro atoms. The Hall–Kier alpha value is -3.38. The number of nitrogens with one attached hydrogen (secondary N) is 1. The quantitative estimate of drug-likeness (QED) is 0.377. The summed E-state index contributed by atoms with van der Waals surface area (Å²) >= 11 is 1.50. The maximum atomic E-state index is 6.10. The van der Waals surface area contributed by atoms with E-state index in [2.05, 4.69) is 27.4 Å². The number of nitrogens with zero attached hydrogens (tertiary/aromatic N) is 2. The molecule has 0 fully saturated rings. The van der Waals surface area contributed by atoms with Crippen molar-refractivity contribution in [1.29, 1.82) is 0 Å². The minimum absolute atomic E-state index is 0.323. The molecule has 0 unspecified atom stereocenters. The lowest BCUT2D eigenvalue weighted by Crippen LogP contribution is -2.22. The van der Waals surface area contributed by atoms with Crippen LogP contribution in [0, 0.1) is 0 Å². The van der Waals surface area contributed by atoms with Gasteiger partial charge >= 0.3 is 0 Å². The third-order valence-corrected chi connectivity index (χ3v) is 5.19. The Kier molecular flexibility index (Phi) is 5.21. The summed E-state index contributed by atoms with van der Waals surface area (Å²) in [7, 11) is 1.67. The summed E-state index contributed by atoms with van der Waals surface area (Å²) < 4.78 is 5.52. The second kappa shape index (κ2) is 8.10. The molecule has 5 nitrogen and oxygen atoms in total. The highest BCUT2D eigenvalue weighted by molar-refractivity contribution is 7.14. The van der Waals surface area contributed by atoms with Gasteiger partial charge in [-0.05, 0) is 16.8 Å². The average Bonchev–Trinajstić information content (AvgIpc) is 3.21. The standard InChI is InChI=1S/C22H20N4OS/c1-27-20-12-11-15-7-5-6-10-17(15)18(20)13-24-21(23)26-22-25-19(14-28-22)16-8-3-2-4-9-16/h2-12,14H,13H2,1H3,(H3,23,24,25,26). The van der Waals surface area contributed by atoms with Gasteiger partial charge in [-0.25, -0.2) is 9.98 Å². The normalized spacial score (nSPS) is 11.5. The summed E-state index contributed by atoms with van der Waals surface area (Å²) in [6.07, 6.45) is 0. The molecule has 0 aliphatic carbocycles. The molecule has 6 heteroatoms. The Morgan fingerprint density at radius 2 is 1.86 bits per heavy atom. The van der Waals surface area contributed by atoms with Crippen molar-refractivity contribution in [1.82, 2.24) is 4.98 Å². The van der Waals surface area contributed by atoms with E-state index >= 15 is 0 Å². The van der Waals surface area contributed by atoms with Crippen LogP contribution in [0.4, 0.5) is 5.13 Å². The van der Waals surface area contributed by atoms with Gasteiger partial charge in [0.05, 0.1) is 19.3 Å². The molecule has 0 radical (unpaired) electrons. The number of rotatable bonds is 5. The van der Waals surface area contributed by atoms with Crippen molar-refractivity contribution in [3.05, 3.63) is 77.7 Å². The average molecular weight is 388 g/mol. The molecule has 0 saturated heterocycles. The van der Waals surface area contributed by atoms with E-state index in [1.54, 1.807) is 7.11 Å². The van der Waals surface area contributed by atoms with Gasteiger partial charge in [0, 0.05) is 16.5 Å². The Morgan fingerprint density at radius 3 is 2.68 bits per heavy atom. The summed E-state index contributed by atoms with van der Waals surface area (Å²) in [6.45, 7) is 0.417. The number of benzene rings is 3. The SMILES string of the molecule is COc1ccc2ccccc2c1CN=C(N)Nc1nc(-c2ccccc2)cs1. The van der Waals surface area contributed by atoms with Gasteiger partial charge in [-0.2, -0.15) is 0 Å². The van der Waals surface area contributed by atoms with Crippen molar-refractivity contribution in [2.45, 2.75) is 6.54 Å². The number of aromatic nitrogens is 1. The van der Waals surface area contributed by atoms with Crippen LogP contribution in [0.15, 0.2) is 77.1 Å². The smallest absolute Gasteiger partial charge is 0.195 e. The first-order chi connectivity index (χ1) is 13.7. The third kappa shape index (κ3) is 3.82. The van der Waals surface area contributed by atoms with E-state index in [0.29, 0.717) is 17.6 Å². The van der Waals surface area contributed by atoms with Crippen molar-refractivity contribution in [2.75, 3.05) is 12.4 Å². The zero-order valence-corrected chi connectivity index (χ0v) is 16.2. The highest BCUT2D eigenvalue weighted by Gasteiger charge is 2.09. The maximum absolute atomic E-state index is 6.10.